The van der Waals surface area contributed by atoms with E-state index in [9.17, 15) is 8.42 Å². The van der Waals surface area contributed by atoms with E-state index >= 15 is 0 Å². The van der Waals surface area contributed by atoms with E-state index in [-0.39, 0.29) is 5.84 Å². The molecule has 0 bridgehead atoms. The molecule has 20 heavy (non-hydrogen) atoms. The summed E-state index contributed by atoms with van der Waals surface area (Å²) in [5, 5.41) is 7.28. The van der Waals surface area contributed by atoms with Gasteiger partial charge in [-0.05, 0) is 18.8 Å². The normalized spacial score (nSPS) is 27.6. The predicted molar refractivity (Wildman–Crippen MR) is 78.8 cm³/mol. The number of nitrogens with two attached hydrogens (primary N) is 1. The lowest BCUT2D eigenvalue weighted by Crippen LogP contribution is -2.55. The van der Waals surface area contributed by atoms with E-state index in [0.717, 1.165) is 12.8 Å². The van der Waals surface area contributed by atoms with Crippen molar-refractivity contribution in [1.29, 1.82) is 5.41 Å². The van der Waals surface area contributed by atoms with Gasteiger partial charge in [-0.1, -0.05) is 6.92 Å². The molecule has 0 radical (unpaired) electrons. The maximum atomic E-state index is 12.6. The topological polar surface area (TPSA) is 93.7 Å². The number of nitrogens with one attached hydrogen (secondary N) is 1. The van der Waals surface area contributed by atoms with Crippen LogP contribution in [0.2, 0.25) is 0 Å². The lowest BCUT2D eigenvalue weighted by atomic mass is 10.0. The van der Waals surface area contributed by atoms with E-state index in [0.29, 0.717) is 51.7 Å². The van der Waals surface area contributed by atoms with E-state index in [4.69, 9.17) is 11.1 Å². The first-order valence-electron chi connectivity index (χ1n) is 7.20. The maximum absolute atomic E-state index is 12.6. The molecule has 2 fully saturated rings. The highest BCUT2D eigenvalue weighted by atomic mass is 32.2. The molecule has 2 saturated heterocycles. The highest BCUT2D eigenvalue weighted by Gasteiger charge is 2.34. The van der Waals surface area contributed by atoms with Gasteiger partial charge in [0.1, 0.15) is 5.84 Å². The Balaban J connectivity index is 1.93. The first-order valence-corrected chi connectivity index (χ1v) is 8.60. The fourth-order valence-corrected chi connectivity index (χ4v) is 4.63. The third-order valence-electron chi connectivity index (χ3n) is 4.00. The van der Waals surface area contributed by atoms with Crippen LogP contribution >= 0.6 is 0 Å². The number of piperazine rings is 1. The molecule has 0 aromatic carbocycles. The monoisotopic (exact) mass is 303 g/mol. The minimum atomic E-state index is -3.31. The zero-order chi connectivity index (χ0) is 14.8. The van der Waals surface area contributed by atoms with Gasteiger partial charge in [-0.25, -0.2) is 0 Å². The molecule has 0 aliphatic carbocycles. The van der Waals surface area contributed by atoms with Crippen LogP contribution in [0.1, 0.15) is 19.8 Å². The molecule has 0 saturated carbocycles. The molecule has 2 heterocycles. The minimum absolute atomic E-state index is 0.131. The molecule has 8 heteroatoms. The molecule has 2 rings (SSSR count). The molecule has 116 valence electrons. The standard InChI is InChI=1S/C12H25N5O2S/c1-11-3-2-4-17(9-11)20(18,19)16-7-5-15(6-8-16)10-12(13)14/h11H,2-10H2,1H3,(H3,13,14). The molecule has 0 spiro atoms. The summed E-state index contributed by atoms with van der Waals surface area (Å²) in [6.07, 6.45) is 2.06. The maximum Gasteiger partial charge on any atom is 0.282 e. The van der Waals surface area contributed by atoms with Gasteiger partial charge in [-0.2, -0.15) is 17.0 Å². The first-order chi connectivity index (χ1) is 9.39. The minimum Gasteiger partial charge on any atom is -0.387 e. The average Bonchev–Trinajstić information content (AvgIpc) is 2.38. The molecular formula is C12H25N5O2S. The Hall–Kier alpha value is -0.700. The van der Waals surface area contributed by atoms with Crippen LogP contribution in [0.5, 0.6) is 0 Å². The van der Waals surface area contributed by atoms with Crippen molar-refractivity contribution < 1.29 is 8.42 Å². The highest BCUT2D eigenvalue weighted by molar-refractivity contribution is 7.86. The van der Waals surface area contributed by atoms with Gasteiger partial charge in [0, 0.05) is 39.3 Å². The van der Waals surface area contributed by atoms with Crippen LogP contribution in [0, 0.1) is 11.3 Å². The molecule has 2 aliphatic heterocycles. The Morgan fingerprint density at radius 2 is 1.85 bits per heavy atom. The molecular weight excluding hydrogens is 278 g/mol. The van der Waals surface area contributed by atoms with Gasteiger partial charge in [0.15, 0.2) is 0 Å². The molecule has 7 nitrogen and oxygen atoms in total. The SMILES string of the molecule is CC1CCCN(S(=O)(=O)N2CCN(CC(=N)N)CC2)C1. The van der Waals surface area contributed by atoms with Crippen molar-refractivity contribution in [3.05, 3.63) is 0 Å². The number of rotatable bonds is 4. The Bertz CT molecular complexity index is 445. The second-order valence-corrected chi connectivity index (χ2v) is 7.74. The summed E-state index contributed by atoms with van der Waals surface area (Å²) in [5.41, 5.74) is 5.38. The largest absolute Gasteiger partial charge is 0.387 e. The molecule has 0 aromatic rings. The average molecular weight is 303 g/mol. The van der Waals surface area contributed by atoms with Gasteiger partial charge in [-0.3, -0.25) is 10.3 Å². The summed E-state index contributed by atoms with van der Waals surface area (Å²) in [5.74, 6) is 0.573. The van der Waals surface area contributed by atoms with Gasteiger partial charge in [0.05, 0.1) is 6.54 Å². The summed E-state index contributed by atoms with van der Waals surface area (Å²) >= 11 is 0. The Morgan fingerprint density at radius 3 is 2.40 bits per heavy atom. The Kier molecular flexibility index (Phi) is 5.00. The molecule has 3 N–H and O–H groups in total. The quantitative estimate of drug-likeness (QED) is 0.542. The molecule has 0 amide bonds. The van der Waals surface area contributed by atoms with Crippen LogP contribution in [0.25, 0.3) is 0 Å². The number of nitrogens with zero attached hydrogens (tertiary/aromatic N) is 3. The van der Waals surface area contributed by atoms with Crippen molar-refractivity contribution in [2.75, 3.05) is 45.8 Å². The van der Waals surface area contributed by atoms with Crippen molar-refractivity contribution in [2.45, 2.75) is 19.8 Å². The second kappa shape index (κ2) is 6.38. The van der Waals surface area contributed by atoms with Gasteiger partial charge in [-0.15, -0.1) is 0 Å². The van der Waals surface area contributed by atoms with E-state index in [1.807, 2.05) is 4.90 Å². The fourth-order valence-electron chi connectivity index (χ4n) is 2.88. The lowest BCUT2D eigenvalue weighted by molar-refractivity contribution is 0.191. The summed E-state index contributed by atoms with van der Waals surface area (Å²) in [7, 11) is -3.31. The van der Waals surface area contributed by atoms with E-state index in [2.05, 4.69) is 6.92 Å². The van der Waals surface area contributed by atoms with E-state index in [1.165, 1.54) is 0 Å². The van der Waals surface area contributed by atoms with Crippen molar-refractivity contribution in [2.24, 2.45) is 11.7 Å². The third-order valence-corrected chi connectivity index (χ3v) is 6.00. The molecule has 0 aromatic heterocycles. The Labute approximate surface area is 121 Å². The number of piperidine rings is 1. The fraction of sp³-hybridized carbons (Fsp3) is 0.917. The van der Waals surface area contributed by atoms with Crippen molar-refractivity contribution in [1.82, 2.24) is 13.5 Å². The highest BCUT2D eigenvalue weighted by Crippen LogP contribution is 2.21. The Morgan fingerprint density at radius 1 is 1.20 bits per heavy atom. The summed E-state index contributed by atoms with van der Waals surface area (Å²) in [4.78, 5) is 2.02. The van der Waals surface area contributed by atoms with Crippen molar-refractivity contribution in [3.8, 4) is 0 Å². The summed E-state index contributed by atoms with van der Waals surface area (Å²) < 4.78 is 28.4. The molecule has 1 unspecified atom stereocenters. The number of hydrogen-bond donors (Lipinski definition) is 2. The third kappa shape index (κ3) is 3.69. The first kappa shape index (κ1) is 15.7. The second-order valence-electron chi connectivity index (χ2n) is 5.81. The zero-order valence-corrected chi connectivity index (χ0v) is 12.9. The van der Waals surface area contributed by atoms with E-state index in [1.54, 1.807) is 8.61 Å². The van der Waals surface area contributed by atoms with Crippen LogP contribution in [0.4, 0.5) is 0 Å². The van der Waals surface area contributed by atoms with Crippen molar-refractivity contribution in [3.63, 3.8) is 0 Å². The zero-order valence-electron chi connectivity index (χ0n) is 12.1. The van der Waals surface area contributed by atoms with Gasteiger partial charge >= 0.3 is 0 Å². The van der Waals surface area contributed by atoms with Gasteiger partial charge in [0.2, 0.25) is 0 Å². The number of amidine groups is 1. The van der Waals surface area contributed by atoms with Crippen molar-refractivity contribution >= 4 is 16.0 Å². The smallest absolute Gasteiger partial charge is 0.282 e. The van der Waals surface area contributed by atoms with Crippen LogP contribution in [-0.4, -0.2) is 73.6 Å². The van der Waals surface area contributed by atoms with Crippen LogP contribution in [0.15, 0.2) is 0 Å². The van der Waals surface area contributed by atoms with Gasteiger partial charge < -0.3 is 5.73 Å². The van der Waals surface area contributed by atoms with Crippen LogP contribution in [-0.2, 0) is 10.2 Å². The summed E-state index contributed by atoms with van der Waals surface area (Å²) in [6, 6.07) is 0. The van der Waals surface area contributed by atoms with Crippen LogP contribution in [0.3, 0.4) is 0 Å². The molecule has 2 aliphatic rings. The summed E-state index contributed by atoms with van der Waals surface area (Å²) in [6.45, 7) is 6.06. The van der Waals surface area contributed by atoms with Crippen LogP contribution < -0.4 is 5.73 Å². The predicted octanol–water partition coefficient (Wildman–Crippen LogP) is -0.483. The molecule has 1 atom stereocenters. The lowest BCUT2D eigenvalue weighted by Gasteiger charge is -2.38. The van der Waals surface area contributed by atoms with Gasteiger partial charge in [0.25, 0.3) is 10.2 Å². The van der Waals surface area contributed by atoms with E-state index < -0.39 is 10.2 Å². The number of hydrogen-bond acceptors (Lipinski definition) is 4.